The van der Waals surface area contributed by atoms with Crippen LogP contribution in [0, 0.1) is 17.2 Å². The molecule has 37 heavy (non-hydrogen) atoms. The Morgan fingerprint density at radius 2 is 1.68 bits per heavy atom. The summed E-state index contributed by atoms with van der Waals surface area (Å²) < 4.78 is 15.1. The van der Waals surface area contributed by atoms with Crippen LogP contribution in [-0.2, 0) is 11.3 Å². The largest absolute Gasteiger partial charge is 0.390 e. The molecule has 7 nitrogen and oxygen atoms in total. The van der Waals surface area contributed by atoms with Crippen LogP contribution in [0.3, 0.4) is 0 Å². The van der Waals surface area contributed by atoms with Crippen molar-refractivity contribution < 1.29 is 19.1 Å². The topological polar surface area (TPSA) is 87.5 Å². The lowest BCUT2D eigenvalue weighted by Gasteiger charge is -2.41. The van der Waals surface area contributed by atoms with Gasteiger partial charge in [-0.25, -0.2) is 4.39 Å². The molecule has 0 radical (unpaired) electrons. The molecule has 2 N–H and O–H groups in total. The second-order valence-corrected chi connectivity index (χ2v) is 11.7. The van der Waals surface area contributed by atoms with Gasteiger partial charge in [0.25, 0.3) is 5.91 Å². The van der Waals surface area contributed by atoms with E-state index in [1.807, 2.05) is 58.9 Å². The van der Waals surface area contributed by atoms with Crippen molar-refractivity contribution in [2.75, 3.05) is 13.1 Å². The molecule has 4 rings (SSSR count). The summed E-state index contributed by atoms with van der Waals surface area (Å²) in [4.78, 5) is 28.9. The van der Waals surface area contributed by atoms with Crippen molar-refractivity contribution in [2.24, 2.45) is 11.3 Å². The van der Waals surface area contributed by atoms with Crippen molar-refractivity contribution in [3.05, 3.63) is 65.6 Å². The van der Waals surface area contributed by atoms with Gasteiger partial charge in [-0.3, -0.25) is 14.3 Å². The maximum Gasteiger partial charge on any atom is 0.273 e. The highest BCUT2D eigenvalue weighted by Crippen LogP contribution is 2.30. The second-order valence-electron chi connectivity index (χ2n) is 11.7. The number of halogens is 1. The SMILES string of the molecule is CC(C)(O)C1CCN(C(=O)[C@@H](NC(=O)c2nn(Cc3ccc(F)cc3)c3ccccc23)C(C)(C)C)CC1. The number of benzene rings is 2. The Hall–Kier alpha value is -3.26. The van der Waals surface area contributed by atoms with Gasteiger partial charge in [0.15, 0.2) is 5.69 Å². The van der Waals surface area contributed by atoms with Crippen LogP contribution in [0.4, 0.5) is 4.39 Å². The van der Waals surface area contributed by atoms with E-state index in [2.05, 4.69) is 10.4 Å². The molecule has 0 aliphatic carbocycles. The Labute approximate surface area is 217 Å². The number of piperidine rings is 1. The van der Waals surface area contributed by atoms with E-state index in [-0.39, 0.29) is 23.3 Å². The molecule has 2 aromatic carbocycles. The number of nitrogens with zero attached hydrogens (tertiary/aromatic N) is 3. The Bertz CT molecular complexity index is 1260. The Morgan fingerprint density at radius 1 is 1.05 bits per heavy atom. The van der Waals surface area contributed by atoms with E-state index in [1.165, 1.54) is 12.1 Å². The molecule has 1 fully saturated rings. The van der Waals surface area contributed by atoms with Crippen molar-refractivity contribution in [3.8, 4) is 0 Å². The molecule has 2 heterocycles. The molecule has 3 aromatic rings. The van der Waals surface area contributed by atoms with Crippen LogP contribution in [0.5, 0.6) is 0 Å². The first kappa shape index (κ1) is 26.8. The molecular formula is C29H37FN4O3. The van der Waals surface area contributed by atoms with Gasteiger partial charge in [0, 0.05) is 18.5 Å². The zero-order valence-corrected chi connectivity index (χ0v) is 22.3. The number of amides is 2. The van der Waals surface area contributed by atoms with E-state index in [4.69, 9.17) is 0 Å². The quantitative estimate of drug-likeness (QED) is 0.517. The summed E-state index contributed by atoms with van der Waals surface area (Å²) in [5.74, 6) is -0.703. The molecule has 8 heteroatoms. The lowest BCUT2D eigenvalue weighted by Crippen LogP contribution is -2.56. The summed E-state index contributed by atoms with van der Waals surface area (Å²) in [6.07, 6.45) is 1.44. The fourth-order valence-electron chi connectivity index (χ4n) is 5.02. The van der Waals surface area contributed by atoms with Gasteiger partial charge in [-0.1, -0.05) is 51.1 Å². The minimum atomic E-state index is -0.777. The van der Waals surface area contributed by atoms with Gasteiger partial charge >= 0.3 is 0 Å². The number of nitrogens with one attached hydrogen (secondary N) is 1. The van der Waals surface area contributed by atoms with Crippen molar-refractivity contribution in [1.29, 1.82) is 0 Å². The van der Waals surface area contributed by atoms with E-state index in [1.54, 1.807) is 21.7 Å². The fourth-order valence-corrected chi connectivity index (χ4v) is 5.02. The summed E-state index contributed by atoms with van der Waals surface area (Å²) in [7, 11) is 0. The Kier molecular flexibility index (Phi) is 7.42. The number of para-hydroxylation sites is 1. The predicted octanol–water partition coefficient (Wildman–Crippen LogP) is 4.38. The van der Waals surface area contributed by atoms with Crippen molar-refractivity contribution in [3.63, 3.8) is 0 Å². The van der Waals surface area contributed by atoms with Crippen molar-refractivity contribution in [1.82, 2.24) is 20.0 Å². The molecule has 1 aromatic heterocycles. The normalized spacial score (nSPS) is 16.1. The molecular weight excluding hydrogens is 471 g/mol. The van der Waals surface area contributed by atoms with Gasteiger partial charge in [-0.15, -0.1) is 0 Å². The molecule has 1 saturated heterocycles. The lowest BCUT2D eigenvalue weighted by atomic mass is 9.81. The minimum Gasteiger partial charge on any atom is -0.390 e. The highest BCUT2D eigenvalue weighted by atomic mass is 19.1. The van der Waals surface area contributed by atoms with Gasteiger partial charge < -0.3 is 15.3 Å². The molecule has 0 unspecified atom stereocenters. The summed E-state index contributed by atoms with van der Waals surface area (Å²) >= 11 is 0. The van der Waals surface area contributed by atoms with Gasteiger partial charge in [0.1, 0.15) is 11.9 Å². The van der Waals surface area contributed by atoms with Gasteiger partial charge in [0.05, 0.1) is 17.7 Å². The number of carbonyl (C=O) groups excluding carboxylic acids is 2. The maximum absolute atomic E-state index is 13.6. The third-order valence-corrected chi connectivity index (χ3v) is 7.31. The number of hydrogen-bond acceptors (Lipinski definition) is 4. The van der Waals surface area contributed by atoms with Crippen LogP contribution in [0.2, 0.25) is 0 Å². The molecule has 1 aliphatic rings. The summed E-state index contributed by atoms with van der Waals surface area (Å²) in [5, 5.41) is 18.6. The third kappa shape index (κ3) is 6.01. The fraction of sp³-hybridized carbons (Fsp3) is 0.483. The average Bonchev–Trinajstić information content (AvgIpc) is 3.21. The first-order valence-corrected chi connectivity index (χ1v) is 12.9. The minimum absolute atomic E-state index is 0.120. The molecule has 0 spiro atoms. The van der Waals surface area contributed by atoms with Crippen LogP contribution in [0.25, 0.3) is 10.9 Å². The van der Waals surface area contributed by atoms with Crippen LogP contribution >= 0.6 is 0 Å². The molecule has 0 saturated carbocycles. The van der Waals surface area contributed by atoms with Crippen LogP contribution in [0.1, 0.15) is 63.5 Å². The van der Waals surface area contributed by atoms with E-state index in [0.29, 0.717) is 25.0 Å². The number of carbonyl (C=O) groups is 2. The molecule has 2 amide bonds. The maximum atomic E-state index is 13.6. The number of aromatic nitrogens is 2. The van der Waals surface area contributed by atoms with Gasteiger partial charge in [-0.2, -0.15) is 5.10 Å². The predicted molar refractivity (Wildman–Crippen MR) is 142 cm³/mol. The van der Waals surface area contributed by atoms with Gasteiger partial charge in [0.2, 0.25) is 5.91 Å². The van der Waals surface area contributed by atoms with Gasteiger partial charge in [-0.05, 0) is 61.8 Å². The van der Waals surface area contributed by atoms with Crippen LogP contribution in [0.15, 0.2) is 48.5 Å². The number of hydrogen-bond donors (Lipinski definition) is 2. The lowest BCUT2D eigenvalue weighted by molar-refractivity contribution is -0.138. The molecule has 198 valence electrons. The van der Waals surface area contributed by atoms with Crippen molar-refractivity contribution >= 4 is 22.7 Å². The average molecular weight is 509 g/mol. The first-order chi connectivity index (χ1) is 17.3. The monoisotopic (exact) mass is 508 g/mol. The Balaban J connectivity index is 1.56. The highest BCUT2D eigenvalue weighted by Gasteiger charge is 2.39. The van der Waals surface area contributed by atoms with E-state index < -0.39 is 23.0 Å². The molecule has 1 aliphatic heterocycles. The van der Waals surface area contributed by atoms with Crippen LogP contribution in [-0.4, -0.2) is 56.3 Å². The first-order valence-electron chi connectivity index (χ1n) is 12.9. The number of likely N-dealkylation sites (tertiary alicyclic amines) is 1. The van der Waals surface area contributed by atoms with E-state index >= 15 is 0 Å². The standard InChI is InChI=1S/C29H37FN4O3/c1-28(2,3)25(27(36)33-16-14-20(15-17-33)29(4,5)37)31-26(35)24-22-8-6-7-9-23(22)34(32-24)18-19-10-12-21(30)13-11-19/h6-13,20,25,37H,14-18H2,1-5H3,(H,31,35)/t25-/m1/s1. The number of aliphatic hydroxyl groups is 1. The molecule has 0 bridgehead atoms. The smallest absolute Gasteiger partial charge is 0.273 e. The summed E-state index contributed by atoms with van der Waals surface area (Å²) in [6.45, 7) is 10.9. The highest BCUT2D eigenvalue weighted by molar-refractivity contribution is 6.06. The van der Waals surface area contributed by atoms with E-state index in [9.17, 15) is 19.1 Å². The number of rotatable bonds is 6. The zero-order valence-electron chi connectivity index (χ0n) is 22.3. The van der Waals surface area contributed by atoms with Crippen LogP contribution < -0.4 is 5.32 Å². The second kappa shape index (κ2) is 10.2. The number of fused-ring (bicyclic) bond motifs is 1. The summed E-state index contributed by atoms with van der Waals surface area (Å²) in [5.41, 5.74) is 0.594. The molecule has 1 atom stereocenters. The summed E-state index contributed by atoms with van der Waals surface area (Å²) in [6, 6.07) is 12.9. The third-order valence-electron chi connectivity index (χ3n) is 7.31. The zero-order chi connectivity index (χ0) is 27.0. The van der Waals surface area contributed by atoms with E-state index in [0.717, 1.165) is 23.9 Å². The Morgan fingerprint density at radius 3 is 2.27 bits per heavy atom. The van der Waals surface area contributed by atoms with Crippen molar-refractivity contribution in [2.45, 2.75) is 65.6 Å².